The van der Waals surface area contributed by atoms with Crippen molar-refractivity contribution in [2.24, 2.45) is 5.73 Å². The van der Waals surface area contributed by atoms with Crippen LogP contribution in [0.15, 0.2) is 66.0 Å². The van der Waals surface area contributed by atoms with Crippen LogP contribution in [-0.2, 0) is 5.41 Å². The second-order valence-corrected chi connectivity index (χ2v) is 7.00. The average Bonchev–Trinajstić information content (AvgIpc) is 3.21. The summed E-state index contributed by atoms with van der Waals surface area (Å²) in [6.07, 6.45) is 2.12. The molecule has 2 nitrogen and oxygen atoms in total. The van der Waals surface area contributed by atoms with E-state index in [4.69, 9.17) is 5.73 Å². The minimum atomic E-state index is -0.346. The predicted octanol–water partition coefficient (Wildman–Crippen LogP) is 4.59. The van der Waals surface area contributed by atoms with Gasteiger partial charge in [-0.1, -0.05) is 42.5 Å². The van der Waals surface area contributed by atoms with Gasteiger partial charge in [0.05, 0.1) is 0 Å². The van der Waals surface area contributed by atoms with Crippen LogP contribution in [0.1, 0.15) is 34.3 Å². The smallest absolute Gasteiger partial charge is 0.249 e. The van der Waals surface area contributed by atoms with Gasteiger partial charge >= 0.3 is 0 Å². The molecule has 114 valence electrons. The first-order chi connectivity index (χ1) is 11.2. The first-order valence-corrected chi connectivity index (χ1v) is 8.62. The van der Waals surface area contributed by atoms with Crippen molar-refractivity contribution in [3.63, 3.8) is 0 Å². The van der Waals surface area contributed by atoms with Gasteiger partial charge in [0.1, 0.15) is 0 Å². The molecule has 1 aliphatic rings. The van der Waals surface area contributed by atoms with Gasteiger partial charge in [0.2, 0.25) is 5.91 Å². The van der Waals surface area contributed by atoms with E-state index >= 15 is 0 Å². The summed E-state index contributed by atoms with van der Waals surface area (Å²) < 4.78 is 0. The maximum atomic E-state index is 11.8. The van der Waals surface area contributed by atoms with Gasteiger partial charge in [0, 0.05) is 15.9 Å². The third-order valence-corrected chi connectivity index (χ3v) is 5.60. The van der Waals surface area contributed by atoms with E-state index < -0.39 is 0 Å². The standard InChI is InChI=1S/C20H17NOS/c21-19(22)16-7-1-2-8-17(16)20(10-11-20)15-6-3-5-14(13-15)18-9-4-12-23-18/h1-9,12-13H,10-11H2,(H2,21,22). The third-order valence-electron chi connectivity index (χ3n) is 4.68. The highest BCUT2D eigenvalue weighted by atomic mass is 32.1. The van der Waals surface area contributed by atoms with Crippen molar-refractivity contribution < 1.29 is 4.79 Å². The van der Waals surface area contributed by atoms with Crippen LogP contribution < -0.4 is 5.73 Å². The zero-order valence-corrected chi connectivity index (χ0v) is 13.5. The number of hydrogen-bond donors (Lipinski definition) is 1. The van der Waals surface area contributed by atoms with E-state index in [0.29, 0.717) is 5.56 Å². The summed E-state index contributed by atoms with van der Waals surface area (Å²) in [6, 6.07) is 20.6. The zero-order chi connectivity index (χ0) is 15.9. The molecule has 2 N–H and O–H groups in total. The van der Waals surface area contributed by atoms with E-state index in [9.17, 15) is 4.79 Å². The Balaban J connectivity index is 1.82. The number of nitrogens with two attached hydrogens (primary N) is 1. The van der Waals surface area contributed by atoms with Crippen molar-refractivity contribution in [2.45, 2.75) is 18.3 Å². The first kappa shape index (κ1) is 14.2. The van der Waals surface area contributed by atoms with E-state index in [1.807, 2.05) is 24.3 Å². The molecule has 0 aliphatic heterocycles. The lowest BCUT2D eigenvalue weighted by Gasteiger charge is -2.19. The second-order valence-electron chi connectivity index (χ2n) is 6.05. The van der Waals surface area contributed by atoms with E-state index in [-0.39, 0.29) is 11.3 Å². The molecule has 2 aromatic carbocycles. The molecule has 0 spiro atoms. The molecule has 3 heteroatoms. The molecule has 1 heterocycles. The van der Waals surface area contributed by atoms with E-state index in [1.165, 1.54) is 16.0 Å². The summed E-state index contributed by atoms with van der Waals surface area (Å²) in [5.41, 5.74) is 9.75. The highest BCUT2D eigenvalue weighted by molar-refractivity contribution is 7.13. The van der Waals surface area contributed by atoms with Crippen LogP contribution in [0.2, 0.25) is 0 Å². The van der Waals surface area contributed by atoms with Gasteiger partial charge in [0.25, 0.3) is 0 Å². The van der Waals surface area contributed by atoms with Crippen LogP contribution in [0, 0.1) is 0 Å². The number of hydrogen-bond acceptors (Lipinski definition) is 2. The fourth-order valence-corrected chi connectivity index (χ4v) is 4.09. The van der Waals surface area contributed by atoms with Gasteiger partial charge in [-0.2, -0.15) is 0 Å². The molecule has 1 fully saturated rings. The molecule has 1 amide bonds. The molecular formula is C20H17NOS. The zero-order valence-electron chi connectivity index (χ0n) is 12.7. The molecule has 1 aromatic heterocycles. The van der Waals surface area contributed by atoms with Crippen LogP contribution in [0.4, 0.5) is 0 Å². The van der Waals surface area contributed by atoms with Crippen molar-refractivity contribution in [2.75, 3.05) is 0 Å². The van der Waals surface area contributed by atoms with E-state index in [1.54, 1.807) is 11.3 Å². The summed E-state index contributed by atoms with van der Waals surface area (Å²) in [4.78, 5) is 13.1. The summed E-state index contributed by atoms with van der Waals surface area (Å²) >= 11 is 1.75. The van der Waals surface area contributed by atoms with E-state index in [0.717, 1.165) is 18.4 Å². The van der Waals surface area contributed by atoms with Gasteiger partial charge < -0.3 is 5.73 Å². The molecule has 0 bridgehead atoms. The fourth-order valence-electron chi connectivity index (χ4n) is 3.37. The Labute approximate surface area is 139 Å². The summed E-state index contributed by atoms with van der Waals surface area (Å²) in [6.45, 7) is 0. The van der Waals surface area contributed by atoms with Crippen LogP contribution in [0.25, 0.3) is 10.4 Å². The quantitative estimate of drug-likeness (QED) is 0.750. The Morgan fingerprint density at radius 3 is 2.52 bits per heavy atom. The van der Waals surface area contributed by atoms with Crippen molar-refractivity contribution in [1.82, 2.24) is 0 Å². The molecule has 0 unspecified atom stereocenters. The van der Waals surface area contributed by atoms with Crippen molar-refractivity contribution in [3.05, 3.63) is 82.7 Å². The Morgan fingerprint density at radius 1 is 1.00 bits per heavy atom. The SMILES string of the molecule is NC(=O)c1ccccc1C1(c2cccc(-c3cccs3)c2)CC1. The second kappa shape index (κ2) is 5.36. The normalized spacial score (nSPS) is 15.3. The average molecular weight is 319 g/mol. The molecule has 0 radical (unpaired) electrons. The Morgan fingerprint density at radius 2 is 1.83 bits per heavy atom. The molecule has 3 aromatic rings. The topological polar surface area (TPSA) is 43.1 Å². The minimum absolute atomic E-state index is 0.0567. The van der Waals surface area contributed by atoms with Crippen LogP contribution in [0.5, 0.6) is 0 Å². The minimum Gasteiger partial charge on any atom is -0.366 e. The number of thiophene rings is 1. The van der Waals surface area contributed by atoms with Crippen LogP contribution in [-0.4, -0.2) is 5.91 Å². The highest BCUT2D eigenvalue weighted by Crippen LogP contribution is 2.54. The van der Waals surface area contributed by atoms with Gasteiger partial charge in [-0.15, -0.1) is 11.3 Å². The van der Waals surface area contributed by atoms with E-state index in [2.05, 4.69) is 41.8 Å². The maximum Gasteiger partial charge on any atom is 0.249 e. The predicted molar refractivity (Wildman–Crippen MR) is 94.7 cm³/mol. The highest BCUT2D eigenvalue weighted by Gasteiger charge is 2.47. The van der Waals surface area contributed by atoms with Crippen molar-refractivity contribution in [1.29, 1.82) is 0 Å². The summed E-state index contributed by atoms with van der Waals surface area (Å²) in [5.74, 6) is -0.346. The van der Waals surface area contributed by atoms with Gasteiger partial charge in [-0.05, 0) is 53.1 Å². The monoisotopic (exact) mass is 319 g/mol. The van der Waals surface area contributed by atoms with Crippen LogP contribution >= 0.6 is 11.3 Å². The summed E-state index contributed by atoms with van der Waals surface area (Å²) in [7, 11) is 0. The molecule has 1 saturated carbocycles. The molecule has 0 saturated heterocycles. The first-order valence-electron chi connectivity index (χ1n) is 7.74. The molecule has 23 heavy (non-hydrogen) atoms. The molecule has 0 atom stereocenters. The number of benzene rings is 2. The molecule has 4 rings (SSSR count). The van der Waals surface area contributed by atoms with Crippen LogP contribution in [0.3, 0.4) is 0 Å². The number of amides is 1. The van der Waals surface area contributed by atoms with Crippen molar-refractivity contribution in [3.8, 4) is 10.4 Å². The fraction of sp³-hybridized carbons (Fsp3) is 0.150. The van der Waals surface area contributed by atoms with Crippen molar-refractivity contribution >= 4 is 17.2 Å². The Kier molecular flexibility index (Phi) is 3.31. The Bertz CT molecular complexity index is 863. The Hall–Kier alpha value is -2.39. The summed E-state index contributed by atoms with van der Waals surface area (Å²) in [5, 5.41) is 2.09. The lowest BCUT2D eigenvalue weighted by Crippen LogP contribution is -2.19. The van der Waals surface area contributed by atoms with Gasteiger partial charge in [-0.3, -0.25) is 4.79 Å². The molecule has 1 aliphatic carbocycles. The largest absolute Gasteiger partial charge is 0.366 e. The lowest BCUT2D eigenvalue weighted by molar-refractivity contribution is 0.0999. The number of primary amides is 1. The maximum absolute atomic E-state index is 11.8. The number of carbonyl (C=O) groups is 1. The van der Waals surface area contributed by atoms with Gasteiger partial charge in [0.15, 0.2) is 0 Å². The number of rotatable bonds is 4. The van der Waals surface area contributed by atoms with Gasteiger partial charge in [-0.25, -0.2) is 0 Å². The third kappa shape index (κ3) is 2.37. The lowest BCUT2D eigenvalue weighted by atomic mass is 9.84. The number of carbonyl (C=O) groups excluding carboxylic acids is 1. The molecular weight excluding hydrogens is 302 g/mol.